The highest BCUT2D eigenvalue weighted by atomic mass is 16.5. The Morgan fingerprint density at radius 1 is 1.26 bits per heavy atom. The average molecular weight is 328 g/mol. The number of rotatable bonds is 8. The molecule has 23 heavy (non-hydrogen) atoms. The van der Waals surface area contributed by atoms with Gasteiger partial charge in [-0.1, -0.05) is 46.0 Å². The first kappa shape index (κ1) is 19.9. The van der Waals surface area contributed by atoms with Crippen LogP contribution in [0.5, 0.6) is 0 Å². The van der Waals surface area contributed by atoms with Gasteiger partial charge in [0.2, 0.25) is 0 Å². The van der Waals surface area contributed by atoms with Gasteiger partial charge in [0.25, 0.3) is 5.91 Å². The van der Waals surface area contributed by atoms with Crippen LogP contribution in [0.2, 0.25) is 0 Å². The molecule has 1 amide bonds. The highest BCUT2D eigenvalue weighted by Crippen LogP contribution is 2.27. The van der Waals surface area contributed by atoms with Crippen LogP contribution >= 0.6 is 0 Å². The van der Waals surface area contributed by atoms with Crippen molar-refractivity contribution in [3.05, 3.63) is 0 Å². The number of ether oxygens (including phenoxy) is 1. The van der Waals surface area contributed by atoms with E-state index in [4.69, 9.17) is 10.5 Å². The van der Waals surface area contributed by atoms with Crippen LogP contribution in [0.25, 0.3) is 0 Å². The van der Waals surface area contributed by atoms with Gasteiger partial charge in [-0.25, -0.2) is 4.79 Å². The summed E-state index contributed by atoms with van der Waals surface area (Å²) in [5, 5.41) is 12.7. The minimum absolute atomic E-state index is 0.215. The Hall–Kier alpha value is -1.14. The first-order chi connectivity index (χ1) is 10.8. The maximum absolute atomic E-state index is 12.2. The number of methoxy groups -OCH3 is 1. The van der Waals surface area contributed by atoms with Gasteiger partial charge in [0.05, 0.1) is 7.11 Å². The topological polar surface area (TPSA) is 102 Å². The summed E-state index contributed by atoms with van der Waals surface area (Å²) in [7, 11) is 1.28. The van der Waals surface area contributed by atoms with Crippen molar-refractivity contribution in [3.8, 4) is 0 Å². The minimum Gasteiger partial charge on any atom is -0.467 e. The highest BCUT2D eigenvalue weighted by Gasteiger charge is 2.30. The molecule has 0 aromatic carbocycles. The Kier molecular flexibility index (Phi) is 8.55. The molecular formula is C17H32N2O4. The van der Waals surface area contributed by atoms with E-state index in [-0.39, 0.29) is 5.92 Å². The zero-order chi connectivity index (χ0) is 17.4. The van der Waals surface area contributed by atoms with Crippen LogP contribution in [0.1, 0.15) is 58.8 Å². The summed E-state index contributed by atoms with van der Waals surface area (Å²) in [6.07, 6.45) is 5.67. The molecule has 1 saturated carbocycles. The molecule has 6 heteroatoms. The number of aliphatic hydroxyl groups excluding tert-OH is 1. The lowest BCUT2D eigenvalue weighted by molar-refractivity contribution is -0.147. The third kappa shape index (κ3) is 6.87. The molecule has 1 fully saturated rings. The molecule has 1 rings (SSSR count). The second kappa shape index (κ2) is 9.88. The summed E-state index contributed by atoms with van der Waals surface area (Å²) < 4.78 is 4.71. The number of nitrogens with one attached hydrogen (secondary N) is 1. The molecule has 0 aliphatic heterocycles. The van der Waals surface area contributed by atoms with E-state index in [1.807, 2.05) is 13.8 Å². The van der Waals surface area contributed by atoms with Crippen LogP contribution in [-0.4, -0.2) is 42.3 Å². The first-order valence-corrected chi connectivity index (χ1v) is 8.67. The van der Waals surface area contributed by atoms with Gasteiger partial charge < -0.3 is 20.9 Å². The number of hydrogen-bond acceptors (Lipinski definition) is 5. The van der Waals surface area contributed by atoms with Crippen LogP contribution < -0.4 is 11.1 Å². The summed E-state index contributed by atoms with van der Waals surface area (Å²) in [5.41, 5.74) is 6.01. The van der Waals surface area contributed by atoms with Crippen molar-refractivity contribution in [2.45, 2.75) is 77.0 Å². The zero-order valence-electron chi connectivity index (χ0n) is 14.6. The lowest BCUT2D eigenvalue weighted by atomic mass is 9.84. The number of esters is 1. The molecule has 0 saturated heterocycles. The normalized spacial score (nSPS) is 19.9. The van der Waals surface area contributed by atoms with Crippen molar-refractivity contribution in [3.63, 3.8) is 0 Å². The van der Waals surface area contributed by atoms with E-state index in [2.05, 4.69) is 5.32 Å². The minimum atomic E-state index is -1.30. The number of aliphatic hydroxyl groups is 1. The third-order valence-electron chi connectivity index (χ3n) is 4.51. The van der Waals surface area contributed by atoms with Crippen LogP contribution in [0, 0.1) is 11.8 Å². The second-order valence-corrected chi connectivity index (χ2v) is 7.06. The van der Waals surface area contributed by atoms with Crippen molar-refractivity contribution in [1.82, 2.24) is 5.32 Å². The van der Waals surface area contributed by atoms with Crippen molar-refractivity contribution < 1.29 is 19.4 Å². The summed E-state index contributed by atoms with van der Waals surface area (Å²) in [6, 6.07) is -1.35. The SMILES string of the molecule is COC(=O)C(CC(C)C)NC(=O)[C@H](O)[C@H](N)CC1CCCCC1. The highest BCUT2D eigenvalue weighted by molar-refractivity contribution is 5.87. The van der Waals surface area contributed by atoms with Crippen LogP contribution in [-0.2, 0) is 14.3 Å². The molecule has 0 radical (unpaired) electrons. The van der Waals surface area contributed by atoms with Gasteiger partial charge in [0.1, 0.15) is 12.1 Å². The zero-order valence-corrected chi connectivity index (χ0v) is 14.6. The van der Waals surface area contributed by atoms with Gasteiger partial charge in [0, 0.05) is 6.04 Å². The van der Waals surface area contributed by atoms with Crippen LogP contribution in [0.4, 0.5) is 0 Å². The Labute approximate surface area is 139 Å². The fraction of sp³-hybridized carbons (Fsp3) is 0.882. The van der Waals surface area contributed by atoms with Crippen molar-refractivity contribution in [1.29, 1.82) is 0 Å². The Balaban J connectivity index is 2.53. The predicted octanol–water partition coefficient (Wildman–Crippen LogP) is 1.35. The van der Waals surface area contributed by atoms with Gasteiger partial charge in [-0.05, 0) is 24.7 Å². The lowest BCUT2D eigenvalue weighted by Crippen LogP contribution is -2.52. The van der Waals surface area contributed by atoms with E-state index < -0.39 is 30.1 Å². The van der Waals surface area contributed by atoms with E-state index in [9.17, 15) is 14.7 Å². The fourth-order valence-corrected chi connectivity index (χ4v) is 3.22. The Bertz CT molecular complexity index is 381. The molecule has 3 atom stereocenters. The largest absolute Gasteiger partial charge is 0.467 e. The van der Waals surface area contributed by atoms with Crippen molar-refractivity contribution in [2.24, 2.45) is 17.6 Å². The summed E-state index contributed by atoms with van der Waals surface area (Å²) in [6.45, 7) is 3.90. The number of carbonyl (C=O) groups is 2. The van der Waals surface area contributed by atoms with E-state index in [0.717, 1.165) is 12.8 Å². The summed E-state index contributed by atoms with van der Waals surface area (Å²) in [4.78, 5) is 23.9. The maximum Gasteiger partial charge on any atom is 0.328 e. The molecular weight excluding hydrogens is 296 g/mol. The van der Waals surface area contributed by atoms with Crippen molar-refractivity contribution in [2.75, 3.05) is 7.11 Å². The molecule has 1 unspecified atom stereocenters. The van der Waals surface area contributed by atoms with Gasteiger partial charge in [-0.15, -0.1) is 0 Å². The molecule has 6 nitrogen and oxygen atoms in total. The molecule has 0 heterocycles. The monoisotopic (exact) mass is 328 g/mol. The predicted molar refractivity (Wildman–Crippen MR) is 88.6 cm³/mol. The average Bonchev–Trinajstić information content (AvgIpc) is 2.53. The molecule has 1 aliphatic carbocycles. The molecule has 0 spiro atoms. The van der Waals surface area contributed by atoms with Gasteiger partial charge in [-0.2, -0.15) is 0 Å². The molecule has 4 N–H and O–H groups in total. The van der Waals surface area contributed by atoms with E-state index in [0.29, 0.717) is 18.8 Å². The quantitative estimate of drug-likeness (QED) is 0.584. The molecule has 134 valence electrons. The van der Waals surface area contributed by atoms with E-state index in [1.165, 1.54) is 26.4 Å². The first-order valence-electron chi connectivity index (χ1n) is 8.67. The van der Waals surface area contributed by atoms with Gasteiger partial charge in [-0.3, -0.25) is 4.79 Å². The number of carbonyl (C=O) groups excluding carboxylic acids is 2. The number of amides is 1. The van der Waals surface area contributed by atoms with E-state index in [1.54, 1.807) is 0 Å². The molecule has 1 aliphatic rings. The third-order valence-corrected chi connectivity index (χ3v) is 4.51. The van der Waals surface area contributed by atoms with Gasteiger partial charge in [0.15, 0.2) is 0 Å². The number of hydrogen-bond donors (Lipinski definition) is 3. The standard InChI is InChI=1S/C17H32N2O4/c1-11(2)9-14(17(22)23-3)19-16(21)15(20)13(18)10-12-7-5-4-6-8-12/h11-15,20H,4-10,18H2,1-3H3,(H,19,21)/t13-,14?,15-/m1/s1. The maximum atomic E-state index is 12.2. The fourth-order valence-electron chi connectivity index (χ4n) is 3.22. The molecule has 0 bridgehead atoms. The van der Waals surface area contributed by atoms with E-state index >= 15 is 0 Å². The Morgan fingerprint density at radius 3 is 2.39 bits per heavy atom. The molecule has 0 aromatic heterocycles. The number of nitrogens with two attached hydrogens (primary N) is 1. The summed E-state index contributed by atoms with van der Waals surface area (Å²) >= 11 is 0. The van der Waals surface area contributed by atoms with Crippen LogP contribution in [0.15, 0.2) is 0 Å². The second-order valence-electron chi connectivity index (χ2n) is 7.06. The summed E-state index contributed by atoms with van der Waals surface area (Å²) in [5.74, 6) is -0.398. The lowest BCUT2D eigenvalue weighted by Gasteiger charge is -2.27. The van der Waals surface area contributed by atoms with Crippen LogP contribution in [0.3, 0.4) is 0 Å². The smallest absolute Gasteiger partial charge is 0.328 e. The Morgan fingerprint density at radius 2 is 1.87 bits per heavy atom. The molecule has 0 aromatic rings. The van der Waals surface area contributed by atoms with Crippen molar-refractivity contribution >= 4 is 11.9 Å². The van der Waals surface area contributed by atoms with Gasteiger partial charge >= 0.3 is 5.97 Å².